The summed E-state index contributed by atoms with van der Waals surface area (Å²) >= 11 is 11.7. The van der Waals surface area contributed by atoms with Crippen LogP contribution in [0.2, 0.25) is 10.0 Å². The number of hydrogen-bond acceptors (Lipinski definition) is 4. The van der Waals surface area contributed by atoms with E-state index in [2.05, 4.69) is 9.72 Å². The molecule has 6 heteroatoms. The van der Waals surface area contributed by atoms with Gasteiger partial charge in [0.25, 0.3) is 0 Å². The molecule has 1 aromatic heterocycles. The van der Waals surface area contributed by atoms with Crippen molar-refractivity contribution in [2.45, 2.75) is 12.5 Å². The smallest absolute Gasteiger partial charge is 0.322 e. The second kappa shape index (κ2) is 5.30. The van der Waals surface area contributed by atoms with Crippen LogP contribution in [0.15, 0.2) is 12.4 Å². The SMILES string of the molecule is COC(=O)[C@@H](N)Cc1c(Cl)cncc1Cl. The number of halogens is 2. The highest BCUT2D eigenvalue weighted by Crippen LogP contribution is 2.23. The Morgan fingerprint density at radius 1 is 1.53 bits per heavy atom. The largest absolute Gasteiger partial charge is 0.468 e. The van der Waals surface area contributed by atoms with Gasteiger partial charge >= 0.3 is 5.97 Å². The third-order valence-corrected chi connectivity index (χ3v) is 2.53. The Morgan fingerprint density at radius 2 is 2.07 bits per heavy atom. The number of methoxy groups -OCH3 is 1. The van der Waals surface area contributed by atoms with E-state index in [-0.39, 0.29) is 6.42 Å². The van der Waals surface area contributed by atoms with Crippen molar-refractivity contribution in [2.24, 2.45) is 5.73 Å². The van der Waals surface area contributed by atoms with Crippen LogP contribution in [0.4, 0.5) is 0 Å². The van der Waals surface area contributed by atoms with Gasteiger partial charge in [-0.05, 0) is 5.56 Å². The minimum Gasteiger partial charge on any atom is -0.468 e. The molecule has 1 rings (SSSR count). The Morgan fingerprint density at radius 3 is 2.53 bits per heavy atom. The number of pyridine rings is 1. The molecule has 0 bridgehead atoms. The second-order valence-corrected chi connectivity index (χ2v) is 3.73. The van der Waals surface area contributed by atoms with Gasteiger partial charge in [0.15, 0.2) is 0 Å². The molecule has 0 fully saturated rings. The maximum Gasteiger partial charge on any atom is 0.322 e. The molecular formula is C9H10Cl2N2O2. The van der Waals surface area contributed by atoms with Crippen LogP contribution in [-0.4, -0.2) is 24.1 Å². The average Bonchev–Trinajstić information content (AvgIpc) is 2.22. The van der Waals surface area contributed by atoms with Crippen molar-refractivity contribution in [1.29, 1.82) is 0 Å². The summed E-state index contributed by atoms with van der Waals surface area (Å²) in [5, 5.41) is 0.781. The average molecular weight is 249 g/mol. The van der Waals surface area contributed by atoms with Crippen LogP contribution in [0.25, 0.3) is 0 Å². The van der Waals surface area contributed by atoms with Gasteiger partial charge in [-0.25, -0.2) is 0 Å². The molecule has 1 heterocycles. The lowest BCUT2D eigenvalue weighted by Crippen LogP contribution is -2.33. The minimum absolute atomic E-state index is 0.229. The number of nitrogens with two attached hydrogens (primary N) is 1. The van der Waals surface area contributed by atoms with Crippen LogP contribution >= 0.6 is 23.2 Å². The Bertz CT molecular complexity index is 351. The lowest BCUT2D eigenvalue weighted by Gasteiger charge is -2.11. The summed E-state index contributed by atoms with van der Waals surface area (Å²) in [4.78, 5) is 14.9. The molecule has 0 aliphatic carbocycles. The summed E-state index contributed by atoms with van der Waals surface area (Å²) in [5.41, 5.74) is 6.19. The van der Waals surface area contributed by atoms with E-state index < -0.39 is 12.0 Å². The topological polar surface area (TPSA) is 65.2 Å². The first-order valence-corrected chi connectivity index (χ1v) is 4.93. The Hall–Kier alpha value is -0.840. The predicted octanol–water partition coefficient (Wildman–Crippen LogP) is 1.43. The highest BCUT2D eigenvalue weighted by Gasteiger charge is 2.17. The van der Waals surface area contributed by atoms with Gasteiger partial charge in [0, 0.05) is 18.8 Å². The number of esters is 1. The van der Waals surface area contributed by atoms with Gasteiger partial charge in [0.2, 0.25) is 0 Å². The lowest BCUT2D eigenvalue weighted by molar-refractivity contribution is -0.142. The van der Waals surface area contributed by atoms with Gasteiger partial charge in [-0.15, -0.1) is 0 Å². The highest BCUT2D eigenvalue weighted by atomic mass is 35.5. The molecule has 0 aromatic carbocycles. The molecule has 82 valence electrons. The molecule has 0 aliphatic heterocycles. The normalized spacial score (nSPS) is 12.3. The Balaban J connectivity index is 2.85. The first kappa shape index (κ1) is 12.2. The first-order valence-electron chi connectivity index (χ1n) is 4.17. The summed E-state index contributed by atoms with van der Waals surface area (Å²) in [6.45, 7) is 0. The number of aromatic nitrogens is 1. The van der Waals surface area contributed by atoms with Crippen molar-refractivity contribution in [3.8, 4) is 0 Å². The molecular weight excluding hydrogens is 239 g/mol. The zero-order valence-electron chi connectivity index (χ0n) is 8.04. The zero-order valence-corrected chi connectivity index (χ0v) is 9.55. The molecule has 2 N–H and O–H groups in total. The fraction of sp³-hybridized carbons (Fsp3) is 0.333. The maximum atomic E-state index is 11.1. The number of ether oxygens (including phenoxy) is 1. The fourth-order valence-electron chi connectivity index (χ4n) is 1.09. The van der Waals surface area contributed by atoms with E-state index in [9.17, 15) is 4.79 Å². The van der Waals surface area contributed by atoms with Crippen LogP contribution in [0.3, 0.4) is 0 Å². The number of rotatable bonds is 3. The molecule has 15 heavy (non-hydrogen) atoms. The molecule has 1 atom stereocenters. The number of nitrogens with zero attached hydrogens (tertiary/aromatic N) is 1. The molecule has 4 nitrogen and oxygen atoms in total. The van der Waals surface area contributed by atoms with Gasteiger partial charge in [0.05, 0.1) is 17.2 Å². The molecule has 0 amide bonds. The highest BCUT2D eigenvalue weighted by molar-refractivity contribution is 6.35. The third-order valence-electron chi connectivity index (χ3n) is 1.88. The van der Waals surface area contributed by atoms with Gasteiger partial charge < -0.3 is 10.5 Å². The molecule has 0 saturated heterocycles. The zero-order chi connectivity index (χ0) is 11.4. The maximum absolute atomic E-state index is 11.1. The van der Waals surface area contributed by atoms with Crippen molar-refractivity contribution >= 4 is 29.2 Å². The standard InChI is InChI=1S/C9H10Cl2N2O2/c1-15-9(14)8(12)2-5-6(10)3-13-4-7(5)11/h3-4,8H,2,12H2,1H3/t8-/m0/s1. The third kappa shape index (κ3) is 3.06. The Labute approximate surface area is 97.3 Å². The number of carbonyl (C=O) groups is 1. The second-order valence-electron chi connectivity index (χ2n) is 2.92. The van der Waals surface area contributed by atoms with Gasteiger partial charge in [-0.3, -0.25) is 9.78 Å². The lowest BCUT2D eigenvalue weighted by atomic mass is 10.1. The van der Waals surface area contributed by atoms with E-state index in [1.807, 2.05) is 0 Å². The summed E-state index contributed by atoms with van der Waals surface area (Å²) in [5.74, 6) is -0.501. The molecule has 0 unspecified atom stereocenters. The summed E-state index contributed by atoms with van der Waals surface area (Å²) in [6, 6.07) is -0.771. The van der Waals surface area contributed by atoms with Crippen molar-refractivity contribution in [1.82, 2.24) is 4.98 Å². The van der Waals surface area contributed by atoms with Crippen molar-refractivity contribution in [2.75, 3.05) is 7.11 Å². The predicted molar refractivity (Wildman–Crippen MR) is 58.0 cm³/mol. The van der Waals surface area contributed by atoms with E-state index in [1.165, 1.54) is 19.5 Å². The van der Waals surface area contributed by atoms with E-state index in [1.54, 1.807) is 0 Å². The number of hydrogen-bond donors (Lipinski definition) is 1. The molecule has 0 saturated carbocycles. The van der Waals surface area contributed by atoms with Crippen molar-refractivity contribution in [3.63, 3.8) is 0 Å². The van der Waals surface area contributed by atoms with Gasteiger partial charge in [-0.2, -0.15) is 0 Å². The van der Waals surface area contributed by atoms with Gasteiger partial charge in [0.1, 0.15) is 6.04 Å². The number of carbonyl (C=O) groups excluding carboxylic acids is 1. The quantitative estimate of drug-likeness (QED) is 0.823. The van der Waals surface area contributed by atoms with Crippen molar-refractivity contribution in [3.05, 3.63) is 28.0 Å². The van der Waals surface area contributed by atoms with Crippen LogP contribution in [-0.2, 0) is 16.0 Å². The Kier molecular flexibility index (Phi) is 4.32. The fourth-order valence-corrected chi connectivity index (χ4v) is 1.61. The molecule has 0 spiro atoms. The van der Waals surface area contributed by atoms with Crippen LogP contribution < -0.4 is 5.73 Å². The van der Waals surface area contributed by atoms with Crippen LogP contribution in [0, 0.1) is 0 Å². The van der Waals surface area contributed by atoms with Crippen LogP contribution in [0.5, 0.6) is 0 Å². The van der Waals surface area contributed by atoms with Crippen LogP contribution in [0.1, 0.15) is 5.56 Å². The van der Waals surface area contributed by atoms with E-state index in [0.717, 1.165) is 0 Å². The summed E-state index contributed by atoms with van der Waals surface area (Å²) in [6.07, 6.45) is 3.13. The van der Waals surface area contributed by atoms with E-state index in [4.69, 9.17) is 28.9 Å². The molecule has 0 radical (unpaired) electrons. The monoisotopic (exact) mass is 248 g/mol. The van der Waals surface area contributed by atoms with Gasteiger partial charge in [-0.1, -0.05) is 23.2 Å². The summed E-state index contributed by atoms with van der Waals surface area (Å²) in [7, 11) is 1.28. The first-order chi connectivity index (χ1) is 7.06. The molecule has 0 aliphatic rings. The minimum atomic E-state index is -0.771. The molecule has 1 aromatic rings. The summed E-state index contributed by atoms with van der Waals surface area (Å²) < 4.78 is 4.50. The van der Waals surface area contributed by atoms with E-state index in [0.29, 0.717) is 15.6 Å². The van der Waals surface area contributed by atoms with E-state index >= 15 is 0 Å². The van der Waals surface area contributed by atoms with Crippen molar-refractivity contribution < 1.29 is 9.53 Å².